The molecule has 4 aliphatic carbocycles. The van der Waals surface area contributed by atoms with E-state index in [2.05, 4.69) is 40.7 Å². The van der Waals surface area contributed by atoms with Crippen molar-refractivity contribution in [2.24, 2.45) is 51.2 Å². The summed E-state index contributed by atoms with van der Waals surface area (Å²) in [5.74, 6) is 0.137. The lowest BCUT2D eigenvalue weighted by Crippen LogP contribution is -2.57. The lowest BCUT2D eigenvalue weighted by atomic mass is 9.41. The van der Waals surface area contributed by atoms with Crippen molar-refractivity contribution in [3.63, 3.8) is 0 Å². The average molecular weight is 471 g/mol. The molecule has 0 bridgehead atoms. The second-order valence-corrected chi connectivity index (χ2v) is 14.2. The normalized spacial score (nSPS) is 49.9. The minimum Gasteiger partial charge on any atom is -0.360 e. The van der Waals surface area contributed by atoms with Crippen LogP contribution < -0.4 is 0 Å². The SMILES string of the molecule is CC(C)C(=O)[C@@]1(O)C[C@@H]([C@@H]2CC[C@]3(C)C4=CC[C@H]5C(C)(C)C(=O)CC[C@]5(C)[C@H]4CC[C@@]23C)CO1. The number of carbonyl (C=O) groups is 2. The molecule has 5 aliphatic rings. The van der Waals surface area contributed by atoms with E-state index in [9.17, 15) is 14.7 Å². The van der Waals surface area contributed by atoms with Gasteiger partial charge in [-0.05, 0) is 78.4 Å². The predicted molar refractivity (Wildman–Crippen MR) is 133 cm³/mol. The first-order valence-electron chi connectivity index (χ1n) is 13.9. The first-order chi connectivity index (χ1) is 15.7. The molecule has 0 spiro atoms. The average Bonchev–Trinajstić information content (AvgIpc) is 3.28. The van der Waals surface area contributed by atoms with Gasteiger partial charge in [0.25, 0.3) is 0 Å². The first kappa shape index (κ1) is 24.7. The number of ketones is 2. The molecular weight excluding hydrogens is 424 g/mol. The van der Waals surface area contributed by atoms with Crippen molar-refractivity contribution in [2.45, 2.75) is 106 Å². The standard InChI is InChI=1S/C30H46O4/c1-18(2)25(32)30(33)16-19(17-34-30)20-10-14-29(7)22-8-9-23-26(3,4)24(31)12-13-27(23,5)21(22)11-15-28(20,29)6/h8,18-21,23,33H,9-17H2,1-7H3/t19-,20+,21+,23+,27-,28+,29-,30-/m1/s1. The zero-order valence-electron chi connectivity index (χ0n) is 22.5. The molecule has 0 unspecified atom stereocenters. The highest BCUT2D eigenvalue weighted by atomic mass is 16.6. The van der Waals surface area contributed by atoms with Gasteiger partial charge in [0.15, 0.2) is 5.78 Å². The molecule has 190 valence electrons. The van der Waals surface area contributed by atoms with Crippen LogP contribution >= 0.6 is 0 Å². The predicted octanol–water partition coefficient (Wildman–Crippen LogP) is 6.11. The van der Waals surface area contributed by atoms with Crippen LogP contribution in [0.5, 0.6) is 0 Å². The van der Waals surface area contributed by atoms with E-state index in [1.165, 1.54) is 19.3 Å². The molecule has 0 aromatic rings. The van der Waals surface area contributed by atoms with Crippen LogP contribution in [0.3, 0.4) is 0 Å². The topological polar surface area (TPSA) is 63.6 Å². The second-order valence-electron chi connectivity index (χ2n) is 14.2. The van der Waals surface area contributed by atoms with E-state index in [0.717, 1.165) is 25.7 Å². The minimum absolute atomic E-state index is 0.142. The number of ether oxygens (including phenoxy) is 1. The van der Waals surface area contributed by atoms with Gasteiger partial charge in [0.2, 0.25) is 5.79 Å². The van der Waals surface area contributed by atoms with Crippen molar-refractivity contribution >= 4 is 11.6 Å². The van der Waals surface area contributed by atoms with Crippen molar-refractivity contribution < 1.29 is 19.4 Å². The molecule has 0 amide bonds. The molecule has 1 N–H and O–H groups in total. The van der Waals surface area contributed by atoms with Crippen molar-refractivity contribution in [1.29, 1.82) is 0 Å². The van der Waals surface area contributed by atoms with Gasteiger partial charge in [-0.3, -0.25) is 9.59 Å². The number of fused-ring (bicyclic) bond motifs is 5. The van der Waals surface area contributed by atoms with Gasteiger partial charge in [-0.25, -0.2) is 0 Å². The summed E-state index contributed by atoms with van der Waals surface area (Å²) in [7, 11) is 0. The highest BCUT2D eigenvalue weighted by Crippen LogP contribution is 2.73. The van der Waals surface area contributed by atoms with E-state index >= 15 is 0 Å². The molecule has 3 saturated carbocycles. The third-order valence-corrected chi connectivity index (χ3v) is 12.2. The number of rotatable bonds is 3. The smallest absolute Gasteiger partial charge is 0.227 e. The van der Waals surface area contributed by atoms with Gasteiger partial charge in [0.1, 0.15) is 5.78 Å². The van der Waals surface area contributed by atoms with Crippen LogP contribution in [0.1, 0.15) is 99.8 Å². The van der Waals surface area contributed by atoms with Gasteiger partial charge in [0, 0.05) is 24.2 Å². The van der Waals surface area contributed by atoms with E-state index in [1.54, 1.807) is 5.57 Å². The fourth-order valence-electron chi connectivity index (χ4n) is 9.91. The fourth-order valence-corrected chi connectivity index (χ4v) is 9.91. The Balaban J connectivity index is 1.45. The number of aliphatic hydroxyl groups is 1. The summed E-state index contributed by atoms with van der Waals surface area (Å²) in [5, 5.41) is 11.0. The van der Waals surface area contributed by atoms with Gasteiger partial charge in [-0.2, -0.15) is 0 Å². The second kappa shape index (κ2) is 7.51. The number of hydrogen-bond donors (Lipinski definition) is 1. The minimum atomic E-state index is -1.60. The summed E-state index contributed by atoms with van der Waals surface area (Å²) in [5.41, 5.74) is 1.93. The maximum absolute atomic E-state index is 12.8. The number of allylic oxidation sites excluding steroid dienone is 2. The molecule has 4 fully saturated rings. The lowest BCUT2D eigenvalue weighted by molar-refractivity contribution is -0.189. The molecular formula is C30H46O4. The van der Waals surface area contributed by atoms with Crippen LogP contribution in [-0.4, -0.2) is 29.1 Å². The molecule has 4 nitrogen and oxygen atoms in total. The van der Waals surface area contributed by atoms with E-state index in [1.807, 2.05) is 13.8 Å². The molecule has 1 saturated heterocycles. The maximum atomic E-state index is 12.8. The van der Waals surface area contributed by atoms with Crippen molar-refractivity contribution in [3.05, 3.63) is 11.6 Å². The molecule has 0 radical (unpaired) electrons. The molecule has 1 aliphatic heterocycles. The monoisotopic (exact) mass is 470 g/mol. The Bertz CT molecular complexity index is 932. The van der Waals surface area contributed by atoms with Crippen LogP contribution in [0.4, 0.5) is 0 Å². The summed E-state index contributed by atoms with van der Waals surface area (Å²) < 4.78 is 5.83. The molecule has 4 heteroatoms. The summed E-state index contributed by atoms with van der Waals surface area (Å²) >= 11 is 0. The van der Waals surface area contributed by atoms with E-state index in [-0.39, 0.29) is 39.3 Å². The molecule has 34 heavy (non-hydrogen) atoms. The van der Waals surface area contributed by atoms with E-state index in [0.29, 0.717) is 36.6 Å². The summed E-state index contributed by atoms with van der Waals surface area (Å²) in [6, 6.07) is 0. The maximum Gasteiger partial charge on any atom is 0.227 e. The Hall–Kier alpha value is -1.00. The highest BCUT2D eigenvalue weighted by Gasteiger charge is 2.66. The first-order valence-corrected chi connectivity index (χ1v) is 13.9. The van der Waals surface area contributed by atoms with E-state index in [4.69, 9.17) is 4.74 Å². The summed E-state index contributed by atoms with van der Waals surface area (Å²) in [4.78, 5) is 25.5. The van der Waals surface area contributed by atoms with Crippen LogP contribution in [0.2, 0.25) is 0 Å². The highest BCUT2D eigenvalue weighted by molar-refractivity contribution is 5.87. The van der Waals surface area contributed by atoms with Gasteiger partial charge < -0.3 is 9.84 Å². The van der Waals surface area contributed by atoms with Crippen LogP contribution in [0.25, 0.3) is 0 Å². The fraction of sp³-hybridized carbons (Fsp3) is 0.867. The van der Waals surface area contributed by atoms with Gasteiger partial charge in [0.05, 0.1) is 6.61 Å². The molecule has 5 rings (SSSR count). The quantitative estimate of drug-likeness (QED) is 0.505. The Labute approximate surface area is 206 Å². The third kappa shape index (κ3) is 3.03. The van der Waals surface area contributed by atoms with E-state index < -0.39 is 5.79 Å². The van der Waals surface area contributed by atoms with Crippen LogP contribution in [-0.2, 0) is 14.3 Å². The zero-order chi connectivity index (χ0) is 24.9. The number of Topliss-reactive ketones (excluding diaryl/α,β-unsaturated/α-hetero) is 2. The summed E-state index contributed by atoms with van der Waals surface area (Å²) in [6.07, 6.45) is 10.5. The lowest BCUT2D eigenvalue weighted by Gasteiger charge is -2.63. The van der Waals surface area contributed by atoms with Gasteiger partial charge in [-0.15, -0.1) is 0 Å². The van der Waals surface area contributed by atoms with Crippen molar-refractivity contribution in [2.75, 3.05) is 6.61 Å². The zero-order valence-corrected chi connectivity index (χ0v) is 22.5. The number of carbonyl (C=O) groups excluding carboxylic acids is 2. The summed E-state index contributed by atoms with van der Waals surface area (Å²) in [6.45, 7) is 16.0. The van der Waals surface area contributed by atoms with Gasteiger partial charge >= 0.3 is 0 Å². The molecule has 1 heterocycles. The Kier molecular flexibility index (Phi) is 5.45. The molecule has 0 aromatic heterocycles. The van der Waals surface area contributed by atoms with Crippen molar-refractivity contribution in [3.8, 4) is 0 Å². The molecule has 8 atom stereocenters. The Morgan fingerprint density at radius 2 is 1.79 bits per heavy atom. The Morgan fingerprint density at radius 3 is 2.47 bits per heavy atom. The largest absolute Gasteiger partial charge is 0.360 e. The van der Waals surface area contributed by atoms with Crippen LogP contribution in [0, 0.1) is 51.2 Å². The van der Waals surface area contributed by atoms with Crippen LogP contribution in [0.15, 0.2) is 11.6 Å². The third-order valence-electron chi connectivity index (χ3n) is 12.2. The molecule has 0 aromatic carbocycles. The van der Waals surface area contributed by atoms with Crippen molar-refractivity contribution in [1.82, 2.24) is 0 Å². The Morgan fingerprint density at radius 1 is 1.09 bits per heavy atom. The van der Waals surface area contributed by atoms with Gasteiger partial charge in [-0.1, -0.05) is 60.1 Å². The number of hydrogen-bond acceptors (Lipinski definition) is 4.